The van der Waals surface area contributed by atoms with Gasteiger partial charge in [0.25, 0.3) is 0 Å². The summed E-state index contributed by atoms with van der Waals surface area (Å²) in [5, 5.41) is 0. The van der Waals surface area contributed by atoms with Crippen LogP contribution < -0.4 is 14.2 Å². The first kappa shape index (κ1) is 16.1. The van der Waals surface area contributed by atoms with Crippen molar-refractivity contribution < 1.29 is 17.9 Å². The van der Waals surface area contributed by atoms with Crippen molar-refractivity contribution in [2.24, 2.45) is 0 Å². The Bertz CT molecular complexity index is 718. The van der Waals surface area contributed by atoms with Crippen molar-refractivity contribution in [2.75, 3.05) is 24.7 Å². The first-order valence-electron chi connectivity index (χ1n) is 6.66. The minimum Gasteiger partial charge on any atom is -0.493 e. The van der Waals surface area contributed by atoms with E-state index in [1.807, 2.05) is 6.07 Å². The third-order valence-corrected chi connectivity index (χ3v) is 4.29. The molecule has 0 aliphatic heterocycles. The summed E-state index contributed by atoms with van der Waals surface area (Å²) in [5.74, 6) is 1.46. The molecular formula is C15H18N2O4S. The van der Waals surface area contributed by atoms with Crippen molar-refractivity contribution in [3.8, 4) is 11.5 Å². The molecule has 118 valence electrons. The lowest BCUT2D eigenvalue weighted by molar-refractivity contribution is 0.354. The Morgan fingerprint density at radius 1 is 1.09 bits per heavy atom. The number of benzene rings is 1. The van der Waals surface area contributed by atoms with Crippen LogP contribution in [0.5, 0.6) is 11.5 Å². The molecule has 2 rings (SSSR count). The van der Waals surface area contributed by atoms with Crippen LogP contribution in [0.1, 0.15) is 5.56 Å². The highest BCUT2D eigenvalue weighted by atomic mass is 32.2. The molecule has 0 aliphatic rings. The second kappa shape index (κ2) is 7.13. The molecule has 22 heavy (non-hydrogen) atoms. The lowest BCUT2D eigenvalue weighted by atomic mass is 10.1. The molecule has 0 atom stereocenters. The molecule has 0 aliphatic carbocycles. The van der Waals surface area contributed by atoms with E-state index in [0.29, 0.717) is 23.7 Å². The summed E-state index contributed by atoms with van der Waals surface area (Å²) >= 11 is 0. The number of rotatable bonds is 7. The molecule has 1 aromatic heterocycles. The van der Waals surface area contributed by atoms with Crippen molar-refractivity contribution in [1.29, 1.82) is 0 Å². The highest BCUT2D eigenvalue weighted by molar-refractivity contribution is 7.92. The molecule has 0 spiro atoms. The summed E-state index contributed by atoms with van der Waals surface area (Å²) in [5.41, 5.74) is 0.851. The first-order valence-corrected chi connectivity index (χ1v) is 8.32. The van der Waals surface area contributed by atoms with Gasteiger partial charge in [-0.3, -0.25) is 4.72 Å². The van der Waals surface area contributed by atoms with E-state index >= 15 is 0 Å². The Hall–Kier alpha value is -2.28. The fraction of sp³-hybridized carbons (Fsp3) is 0.267. The van der Waals surface area contributed by atoms with E-state index in [9.17, 15) is 8.42 Å². The number of ether oxygens (including phenoxy) is 2. The van der Waals surface area contributed by atoms with Gasteiger partial charge in [-0.25, -0.2) is 13.4 Å². The van der Waals surface area contributed by atoms with Crippen LogP contribution in [0.15, 0.2) is 42.6 Å². The number of hydrogen-bond acceptors (Lipinski definition) is 5. The highest BCUT2D eigenvalue weighted by Crippen LogP contribution is 2.27. The quantitative estimate of drug-likeness (QED) is 0.844. The second-order valence-electron chi connectivity index (χ2n) is 4.58. The van der Waals surface area contributed by atoms with Crippen LogP contribution in [0.2, 0.25) is 0 Å². The third-order valence-electron chi connectivity index (χ3n) is 3.03. The molecule has 6 nitrogen and oxygen atoms in total. The first-order chi connectivity index (χ1) is 10.5. The summed E-state index contributed by atoms with van der Waals surface area (Å²) in [4.78, 5) is 3.94. The predicted octanol–water partition coefficient (Wildman–Crippen LogP) is 2.08. The zero-order valence-corrected chi connectivity index (χ0v) is 13.3. The number of methoxy groups -OCH3 is 2. The third kappa shape index (κ3) is 4.36. The number of aryl methyl sites for hydroxylation is 1. The van der Waals surface area contributed by atoms with Crippen LogP contribution in [-0.4, -0.2) is 33.4 Å². The van der Waals surface area contributed by atoms with Crippen LogP contribution >= 0.6 is 0 Å². The molecule has 0 bridgehead atoms. The Morgan fingerprint density at radius 2 is 1.86 bits per heavy atom. The Morgan fingerprint density at radius 3 is 2.50 bits per heavy atom. The number of aromatic nitrogens is 1. The smallest absolute Gasteiger partial charge is 0.234 e. The zero-order chi connectivity index (χ0) is 16.0. The molecule has 0 amide bonds. The van der Waals surface area contributed by atoms with Gasteiger partial charge in [0.2, 0.25) is 10.0 Å². The van der Waals surface area contributed by atoms with E-state index in [0.717, 1.165) is 5.56 Å². The van der Waals surface area contributed by atoms with E-state index < -0.39 is 10.0 Å². The molecule has 1 N–H and O–H groups in total. The number of nitrogens with zero attached hydrogens (tertiary/aromatic N) is 1. The van der Waals surface area contributed by atoms with E-state index in [1.54, 1.807) is 44.6 Å². The van der Waals surface area contributed by atoms with Crippen LogP contribution in [0.3, 0.4) is 0 Å². The minimum absolute atomic E-state index is 0.0426. The fourth-order valence-electron chi connectivity index (χ4n) is 1.92. The monoisotopic (exact) mass is 322 g/mol. The standard InChI is InChI=1S/C15H18N2O4S/c1-20-13-7-6-12(11-14(13)21-2)8-10-22(18,19)17-15-5-3-4-9-16-15/h3-7,9,11H,8,10H2,1-2H3,(H,16,17). The molecule has 0 fully saturated rings. The number of anilines is 1. The topological polar surface area (TPSA) is 77.5 Å². The maximum Gasteiger partial charge on any atom is 0.234 e. The summed E-state index contributed by atoms with van der Waals surface area (Å²) in [6.45, 7) is 0. The molecule has 2 aromatic rings. The molecular weight excluding hydrogens is 304 g/mol. The molecule has 0 saturated heterocycles. The highest BCUT2D eigenvalue weighted by Gasteiger charge is 2.12. The van der Waals surface area contributed by atoms with Gasteiger partial charge in [0, 0.05) is 6.20 Å². The number of sulfonamides is 1. The average molecular weight is 322 g/mol. The van der Waals surface area contributed by atoms with Gasteiger partial charge in [0.15, 0.2) is 11.5 Å². The van der Waals surface area contributed by atoms with Crippen molar-refractivity contribution >= 4 is 15.8 Å². The summed E-state index contributed by atoms with van der Waals surface area (Å²) in [6.07, 6.45) is 1.90. The summed E-state index contributed by atoms with van der Waals surface area (Å²) in [7, 11) is -0.356. The number of nitrogens with one attached hydrogen (secondary N) is 1. The summed E-state index contributed by atoms with van der Waals surface area (Å²) in [6, 6.07) is 10.4. The number of hydrogen-bond donors (Lipinski definition) is 1. The van der Waals surface area contributed by atoms with Crippen molar-refractivity contribution in [3.63, 3.8) is 0 Å². The van der Waals surface area contributed by atoms with Gasteiger partial charge >= 0.3 is 0 Å². The Balaban J connectivity index is 2.03. The number of pyridine rings is 1. The molecule has 0 saturated carbocycles. The van der Waals surface area contributed by atoms with E-state index in [2.05, 4.69) is 9.71 Å². The molecule has 0 unspecified atom stereocenters. The SMILES string of the molecule is COc1ccc(CCS(=O)(=O)Nc2ccccn2)cc1OC. The van der Waals surface area contributed by atoms with Crippen LogP contribution in [0.4, 0.5) is 5.82 Å². The molecule has 1 aromatic carbocycles. The molecule has 7 heteroatoms. The van der Waals surface area contributed by atoms with Crippen LogP contribution in [0.25, 0.3) is 0 Å². The van der Waals surface area contributed by atoms with E-state index in [-0.39, 0.29) is 5.75 Å². The maximum absolute atomic E-state index is 12.0. The van der Waals surface area contributed by atoms with Gasteiger partial charge in [0.05, 0.1) is 20.0 Å². The second-order valence-corrected chi connectivity index (χ2v) is 6.42. The van der Waals surface area contributed by atoms with Crippen molar-refractivity contribution in [2.45, 2.75) is 6.42 Å². The Kier molecular flexibility index (Phi) is 5.21. The van der Waals surface area contributed by atoms with Gasteiger partial charge in [0.1, 0.15) is 5.82 Å². The van der Waals surface area contributed by atoms with Crippen molar-refractivity contribution in [1.82, 2.24) is 4.98 Å². The molecule has 0 radical (unpaired) electrons. The normalized spacial score (nSPS) is 11.0. The lowest BCUT2D eigenvalue weighted by Crippen LogP contribution is -2.18. The zero-order valence-electron chi connectivity index (χ0n) is 12.4. The maximum atomic E-state index is 12.0. The molecule has 1 heterocycles. The minimum atomic E-state index is -3.45. The van der Waals surface area contributed by atoms with Gasteiger partial charge < -0.3 is 9.47 Å². The lowest BCUT2D eigenvalue weighted by Gasteiger charge is -2.10. The van der Waals surface area contributed by atoms with Crippen molar-refractivity contribution in [3.05, 3.63) is 48.2 Å². The predicted molar refractivity (Wildman–Crippen MR) is 84.9 cm³/mol. The van der Waals surface area contributed by atoms with Crippen LogP contribution in [-0.2, 0) is 16.4 Å². The Labute approximate surface area is 130 Å². The van der Waals surface area contributed by atoms with Gasteiger partial charge in [-0.15, -0.1) is 0 Å². The largest absolute Gasteiger partial charge is 0.493 e. The van der Waals surface area contributed by atoms with E-state index in [1.165, 1.54) is 6.20 Å². The van der Waals surface area contributed by atoms with Gasteiger partial charge in [-0.2, -0.15) is 0 Å². The van der Waals surface area contributed by atoms with Gasteiger partial charge in [-0.1, -0.05) is 12.1 Å². The summed E-state index contributed by atoms with van der Waals surface area (Å²) < 4.78 is 36.9. The van der Waals surface area contributed by atoms with Gasteiger partial charge in [-0.05, 0) is 36.2 Å². The fourth-order valence-corrected chi connectivity index (χ4v) is 2.97. The van der Waals surface area contributed by atoms with E-state index in [4.69, 9.17) is 9.47 Å². The average Bonchev–Trinajstić information content (AvgIpc) is 2.53. The van der Waals surface area contributed by atoms with Crippen LogP contribution in [0, 0.1) is 0 Å².